The van der Waals surface area contributed by atoms with Gasteiger partial charge in [0.05, 0.1) is 6.42 Å². The van der Waals surface area contributed by atoms with E-state index in [0.29, 0.717) is 30.2 Å². The third-order valence-electron chi connectivity index (χ3n) is 7.74. The van der Waals surface area contributed by atoms with Gasteiger partial charge in [0.1, 0.15) is 11.6 Å². The Hall–Kier alpha value is -3.32. The lowest BCUT2D eigenvalue weighted by Gasteiger charge is -2.38. The Balaban J connectivity index is 1.72. The van der Waals surface area contributed by atoms with E-state index >= 15 is 0 Å². The number of nitrogens with zero attached hydrogens (tertiary/aromatic N) is 1. The maximum Gasteiger partial charge on any atom is 0.246 e. The number of primary amides is 1. The molecule has 0 saturated carbocycles. The second-order valence-electron chi connectivity index (χ2n) is 11.5. The predicted octanol–water partition coefficient (Wildman–Crippen LogP) is 4.55. The van der Waals surface area contributed by atoms with Gasteiger partial charge in [-0.2, -0.15) is 0 Å². The number of hydrogen-bond donors (Lipinski definition) is 3. The van der Waals surface area contributed by atoms with Crippen LogP contribution in [0.15, 0.2) is 48.5 Å². The quantitative estimate of drug-likeness (QED) is 0.344. The number of nitrogens with two attached hydrogens (primary N) is 1. The van der Waals surface area contributed by atoms with Crippen LogP contribution in [-0.4, -0.2) is 33.9 Å². The van der Waals surface area contributed by atoms with Crippen molar-refractivity contribution in [2.45, 2.75) is 77.9 Å². The molecule has 0 unspecified atom stereocenters. The molecule has 1 aliphatic carbocycles. The monoisotopic (exact) mass is 550 g/mol. The summed E-state index contributed by atoms with van der Waals surface area (Å²) in [6.45, 7) is 9.00. The molecule has 4 rings (SSSR count). The molecule has 3 aromatic rings. The minimum Gasteiger partial charge on any atom is -0.368 e. The Morgan fingerprint density at radius 2 is 1.74 bits per heavy atom. The van der Waals surface area contributed by atoms with Crippen molar-refractivity contribution >= 4 is 40.2 Å². The van der Waals surface area contributed by atoms with Crippen LogP contribution < -0.4 is 16.4 Å². The molecular weight excluding hydrogens is 512 g/mol. The summed E-state index contributed by atoms with van der Waals surface area (Å²) in [6, 6.07) is 14.5. The third kappa shape index (κ3) is 6.30. The maximum absolute atomic E-state index is 14.0. The predicted molar refractivity (Wildman–Crippen MR) is 155 cm³/mol. The number of halogens is 1. The van der Waals surface area contributed by atoms with Gasteiger partial charge in [-0.1, -0.05) is 69.6 Å². The van der Waals surface area contributed by atoms with Crippen LogP contribution in [-0.2, 0) is 40.2 Å². The Labute approximate surface area is 235 Å². The van der Waals surface area contributed by atoms with E-state index in [-0.39, 0.29) is 24.2 Å². The first-order valence-corrected chi connectivity index (χ1v) is 14.1. The van der Waals surface area contributed by atoms with Crippen LogP contribution in [0.4, 0.5) is 0 Å². The zero-order valence-corrected chi connectivity index (χ0v) is 24.0. The summed E-state index contributed by atoms with van der Waals surface area (Å²) in [6.07, 6.45) is 2.53. The molecule has 2 aromatic carbocycles. The molecule has 1 aromatic heterocycles. The number of carbonyl (C=O) groups is 3. The van der Waals surface area contributed by atoms with Crippen molar-refractivity contribution in [3.05, 3.63) is 70.4 Å². The molecule has 0 fully saturated rings. The lowest BCUT2D eigenvalue weighted by Crippen LogP contribution is -2.64. The molecule has 1 aliphatic rings. The lowest BCUT2D eigenvalue weighted by atomic mass is 9.78. The van der Waals surface area contributed by atoms with Crippen molar-refractivity contribution in [2.75, 3.05) is 0 Å². The summed E-state index contributed by atoms with van der Waals surface area (Å²) >= 11 is 6.01. The van der Waals surface area contributed by atoms with Crippen LogP contribution in [0.1, 0.15) is 57.4 Å². The first kappa shape index (κ1) is 28.7. The maximum atomic E-state index is 14.0. The van der Waals surface area contributed by atoms with Gasteiger partial charge < -0.3 is 20.9 Å². The highest BCUT2D eigenvalue weighted by molar-refractivity contribution is 6.30. The van der Waals surface area contributed by atoms with Gasteiger partial charge in [-0.25, -0.2) is 0 Å². The summed E-state index contributed by atoms with van der Waals surface area (Å²) in [5.41, 5.74) is 8.64. The number of carbonyl (C=O) groups excluding carboxylic acids is 3. The van der Waals surface area contributed by atoms with Crippen molar-refractivity contribution in [2.24, 2.45) is 17.6 Å². The SMILES string of the molecule is CC(C)CCn1c2c(c3ccccc31)C[C@@](NC(=O)Cc1ccc(Cl)cc1)(C(=O)N[C@H](C(N)=O)C(C)C)CC2. The molecule has 0 radical (unpaired) electrons. The standard InChI is InChI=1S/C31H39ClN4O3/c1-19(2)14-16-36-25-8-6-5-7-23(25)24-18-31(15-13-26(24)36,30(39)34-28(20(3)4)29(33)38)35-27(37)17-21-9-11-22(32)12-10-21/h5-12,19-20,28H,13-18H2,1-4H3,(H2,33,38)(H,34,39)(H,35,37)/t28-,31+/m0/s1. The summed E-state index contributed by atoms with van der Waals surface area (Å²) in [5, 5.41) is 7.66. The van der Waals surface area contributed by atoms with Crippen LogP contribution in [0, 0.1) is 11.8 Å². The number of rotatable bonds is 10. The van der Waals surface area contributed by atoms with Gasteiger partial charge in [-0.3, -0.25) is 14.4 Å². The molecule has 2 atom stereocenters. The first-order valence-electron chi connectivity index (χ1n) is 13.8. The van der Waals surface area contributed by atoms with Crippen LogP contribution in [0.3, 0.4) is 0 Å². The van der Waals surface area contributed by atoms with E-state index in [2.05, 4.69) is 41.2 Å². The van der Waals surface area contributed by atoms with Gasteiger partial charge in [0.25, 0.3) is 0 Å². The number of fused-ring (bicyclic) bond motifs is 3. The van der Waals surface area contributed by atoms with Crippen molar-refractivity contribution in [1.29, 1.82) is 0 Å². The normalized spacial score (nSPS) is 17.7. The molecule has 8 heteroatoms. The fourth-order valence-corrected chi connectivity index (χ4v) is 5.70. The van der Waals surface area contributed by atoms with Crippen molar-refractivity contribution < 1.29 is 14.4 Å². The highest BCUT2D eigenvalue weighted by atomic mass is 35.5. The number of benzene rings is 2. The van der Waals surface area contributed by atoms with Crippen molar-refractivity contribution in [3.63, 3.8) is 0 Å². The van der Waals surface area contributed by atoms with Crippen LogP contribution in [0.25, 0.3) is 10.9 Å². The van der Waals surface area contributed by atoms with E-state index in [9.17, 15) is 14.4 Å². The van der Waals surface area contributed by atoms with E-state index in [1.807, 2.05) is 26.0 Å². The molecule has 4 N–H and O–H groups in total. The number of nitrogens with one attached hydrogen (secondary N) is 2. The second-order valence-corrected chi connectivity index (χ2v) is 11.9. The van der Waals surface area contributed by atoms with Gasteiger partial charge in [-0.15, -0.1) is 0 Å². The van der Waals surface area contributed by atoms with E-state index in [1.165, 1.54) is 5.69 Å². The zero-order valence-electron chi connectivity index (χ0n) is 23.2. The topological polar surface area (TPSA) is 106 Å². The van der Waals surface area contributed by atoms with Gasteiger partial charge in [-0.05, 0) is 60.4 Å². The number of aryl methyl sites for hydroxylation is 1. The average molecular weight is 551 g/mol. The third-order valence-corrected chi connectivity index (χ3v) is 7.99. The van der Waals surface area contributed by atoms with E-state index in [4.69, 9.17) is 17.3 Å². The zero-order chi connectivity index (χ0) is 28.3. The van der Waals surface area contributed by atoms with E-state index < -0.39 is 17.5 Å². The van der Waals surface area contributed by atoms with E-state index in [0.717, 1.165) is 35.0 Å². The highest BCUT2D eigenvalue weighted by Gasteiger charge is 2.45. The smallest absolute Gasteiger partial charge is 0.246 e. The molecule has 208 valence electrons. The largest absolute Gasteiger partial charge is 0.368 e. The lowest BCUT2D eigenvalue weighted by molar-refractivity contribution is -0.136. The Morgan fingerprint density at radius 3 is 2.38 bits per heavy atom. The van der Waals surface area contributed by atoms with Gasteiger partial charge in [0.15, 0.2) is 0 Å². The number of para-hydroxylation sites is 1. The summed E-state index contributed by atoms with van der Waals surface area (Å²) < 4.78 is 2.38. The first-order chi connectivity index (χ1) is 18.5. The fourth-order valence-electron chi connectivity index (χ4n) is 5.58. The van der Waals surface area contributed by atoms with Gasteiger partial charge in [0.2, 0.25) is 17.7 Å². The summed E-state index contributed by atoms with van der Waals surface area (Å²) in [7, 11) is 0. The molecular formula is C31H39ClN4O3. The fraction of sp³-hybridized carbons (Fsp3) is 0.452. The number of aromatic nitrogens is 1. The van der Waals surface area contributed by atoms with E-state index in [1.54, 1.807) is 24.3 Å². The summed E-state index contributed by atoms with van der Waals surface area (Å²) in [5.74, 6) is -0.869. The molecule has 0 spiro atoms. The molecule has 7 nitrogen and oxygen atoms in total. The molecule has 3 amide bonds. The minimum absolute atomic E-state index is 0.110. The average Bonchev–Trinajstić information content (AvgIpc) is 3.19. The molecule has 0 aliphatic heterocycles. The molecule has 39 heavy (non-hydrogen) atoms. The van der Waals surface area contributed by atoms with Crippen molar-refractivity contribution in [3.8, 4) is 0 Å². The highest BCUT2D eigenvalue weighted by Crippen LogP contribution is 2.37. The molecule has 1 heterocycles. The minimum atomic E-state index is -1.22. The second kappa shape index (κ2) is 11.8. The Kier molecular flexibility index (Phi) is 8.70. The molecule has 0 bridgehead atoms. The van der Waals surface area contributed by atoms with Gasteiger partial charge in [0, 0.05) is 34.6 Å². The van der Waals surface area contributed by atoms with Crippen LogP contribution in [0.2, 0.25) is 5.02 Å². The molecule has 0 saturated heterocycles. The Morgan fingerprint density at radius 1 is 1.05 bits per heavy atom. The van der Waals surface area contributed by atoms with Gasteiger partial charge >= 0.3 is 0 Å². The summed E-state index contributed by atoms with van der Waals surface area (Å²) in [4.78, 5) is 39.5. The van der Waals surface area contributed by atoms with Crippen LogP contribution in [0.5, 0.6) is 0 Å². The van der Waals surface area contributed by atoms with Crippen molar-refractivity contribution in [1.82, 2.24) is 15.2 Å². The number of amides is 3. The van der Waals surface area contributed by atoms with Crippen LogP contribution >= 0.6 is 11.6 Å². The number of hydrogen-bond acceptors (Lipinski definition) is 3. The Bertz CT molecular complexity index is 1360.